The van der Waals surface area contributed by atoms with Gasteiger partial charge in [0.1, 0.15) is 0 Å². The summed E-state index contributed by atoms with van der Waals surface area (Å²) in [5.41, 5.74) is 0. The van der Waals surface area contributed by atoms with Crippen LogP contribution in [0.4, 0.5) is 0 Å². The van der Waals surface area contributed by atoms with Crippen LogP contribution in [0.2, 0.25) is 0 Å². The summed E-state index contributed by atoms with van der Waals surface area (Å²) in [6.45, 7) is 0.356. The maximum absolute atomic E-state index is 12.0. The van der Waals surface area contributed by atoms with Crippen molar-refractivity contribution < 1.29 is 19.5 Å². The Morgan fingerprint density at radius 3 is 2.61 bits per heavy atom. The third kappa shape index (κ3) is 3.45. The van der Waals surface area contributed by atoms with Crippen LogP contribution in [0.1, 0.15) is 32.1 Å². The first-order chi connectivity index (χ1) is 8.56. The molecule has 0 aromatic rings. The minimum absolute atomic E-state index is 0.0184. The Labute approximate surface area is 105 Å². The summed E-state index contributed by atoms with van der Waals surface area (Å²) in [7, 11) is 0. The molecule has 18 heavy (non-hydrogen) atoms. The maximum atomic E-state index is 12.0. The lowest BCUT2D eigenvalue weighted by Crippen LogP contribution is -2.47. The van der Waals surface area contributed by atoms with Gasteiger partial charge in [-0.2, -0.15) is 0 Å². The molecule has 1 saturated heterocycles. The number of hydrogen-bond acceptors (Lipinski definition) is 3. The summed E-state index contributed by atoms with van der Waals surface area (Å²) in [6, 6.07) is -0.257. The second-order valence-electron chi connectivity index (χ2n) is 5.09. The van der Waals surface area contributed by atoms with Gasteiger partial charge in [0, 0.05) is 19.0 Å². The lowest BCUT2D eigenvalue weighted by Gasteiger charge is -2.24. The van der Waals surface area contributed by atoms with Crippen molar-refractivity contribution in [1.82, 2.24) is 10.6 Å². The molecule has 2 unspecified atom stereocenters. The topological polar surface area (TPSA) is 95.5 Å². The average molecular weight is 254 g/mol. The van der Waals surface area contributed by atoms with Gasteiger partial charge < -0.3 is 15.7 Å². The Morgan fingerprint density at radius 2 is 2.11 bits per heavy atom. The molecule has 2 rings (SSSR count). The minimum Gasteiger partial charge on any atom is -0.481 e. The van der Waals surface area contributed by atoms with Gasteiger partial charge in [-0.3, -0.25) is 14.4 Å². The second-order valence-corrected chi connectivity index (χ2v) is 5.09. The summed E-state index contributed by atoms with van der Waals surface area (Å²) in [5.74, 6) is -0.957. The number of aliphatic carboxylic acids is 1. The van der Waals surface area contributed by atoms with E-state index in [2.05, 4.69) is 10.6 Å². The summed E-state index contributed by atoms with van der Waals surface area (Å²) >= 11 is 0. The maximum Gasteiger partial charge on any atom is 0.305 e. The smallest absolute Gasteiger partial charge is 0.305 e. The molecule has 1 heterocycles. The zero-order chi connectivity index (χ0) is 13.1. The van der Waals surface area contributed by atoms with Crippen molar-refractivity contribution in [2.75, 3.05) is 6.54 Å². The van der Waals surface area contributed by atoms with Crippen molar-refractivity contribution in [2.45, 2.75) is 38.1 Å². The predicted molar refractivity (Wildman–Crippen MR) is 62.6 cm³/mol. The van der Waals surface area contributed by atoms with Crippen molar-refractivity contribution in [3.05, 3.63) is 0 Å². The fourth-order valence-electron chi connectivity index (χ4n) is 2.28. The number of piperidine rings is 1. The molecule has 6 heteroatoms. The third-order valence-electron chi connectivity index (χ3n) is 3.55. The summed E-state index contributed by atoms with van der Waals surface area (Å²) in [6.07, 6.45) is 2.86. The Morgan fingerprint density at radius 1 is 1.39 bits per heavy atom. The van der Waals surface area contributed by atoms with Gasteiger partial charge in [0.25, 0.3) is 0 Å². The van der Waals surface area contributed by atoms with Crippen LogP contribution in [0.5, 0.6) is 0 Å². The Hall–Kier alpha value is -1.59. The predicted octanol–water partition coefficient (Wildman–Crippen LogP) is -0.118. The Bertz CT molecular complexity index is 355. The van der Waals surface area contributed by atoms with Crippen LogP contribution in [0.3, 0.4) is 0 Å². The molecule has 6 nitrogen and oxygen atoms in total. The summed E-state index contributed by atoms with van der Waals surface area (Å²) in [5, 5.41) is 14.3. The van der Waals surface area contributed by atoms with Gasteiger partial charge >= 0.3 is 5.97 Å². The van der Waals surface area contributed by atoms with Crippen LogP contribution >= 0.6 is 0 Å². The van der Waals surface area contributed by atoms with E-state index in [4.69, 9.17) is 5.11 Å². The van der Waals surface area contributed by atoms with Gasteiger partial charge in [-0.15, -0.1) is 0 Å². The molecule has 2 aliphatic rings. The van der Waals surface area contributed by atoms with E-state index in [1.807, 2.05) is 0 Å². The molecule has 100 valence electrons. The third-order valence-corrected chi connectivity index (χ3v) is 3.55. The summed E-state index contributed by atoms with van der Waals surface area (Å²) < 4.78 is 0. The molecule has 0 radical (unpaired) electrons. The molecule has 2 fully saturated rings. The Kier molecular flexibility index (Phi) is 3.84. The number of carboxylic acid groups (broad SMARTS) is 1. The zero-order valence-electron chi connectivity index (χ0n) is 10.1. The van der Waals surface area contributed by atoms with Crippen molar-refractivity contribution in [2.24, 2.45) is 11.8 Å². The van der Waals surface area contributed by atoms with E-state index in [9.17, 15) is 14.4 Å². The normalized spacial score (nSPS) is 25.1. The van der Waals surface area contributed by atoms with Gasteiger partial charge in [0.05, 0.1) is 12.3 Å². The van der Waals surface area contributed by atoms with Crippen LogP contribution in [0.15, 0.2) is 0 Å². The standard InChI is InChI=1S/C12H18N2O4/c15-10-4-3-8(6-13-10)12(18)14-9(5-11(16)17)7-1-2-7/h7-9H,1-6H2,(H,13,15)(H,14,18)(H,16,17). The first-order valence-electron chi connectivity index (χ1n) is 6.35. The van der Waals surface area contributed by atoms with E-state index in [1.54, 1.807) is 0 Å². The lowest BCUT2D eigenvalue weighted by molar-refractivity contribution is -0.138. The number of rotatable bonds is 5. The molecular weight excluding hydrogens is 236 g/mol. The molecule has 1 aliphatic carbocycles. The highest BCUT2D eigenvalue weighted by Crippen LogP contribution is 2.34. The molecule has 2 atom stereocenters. The minimum atomic E-state index is -0.885. The Balaban J connectivity index is 1.84. The fraction of sp³-hybridized carbons (Fsp3) is 0.750. The van der Waals surface area contributed by atoms with E-state index in [-0.39, 0.29) is 30.2 Å². The molecule has 1 aliphatic heterocycles. The number of carbonyl (C=O) groups excluding carboxylic acids is 2. The van der Waals surface area contributed by atoms with Gasteiger partial charge in [0.2, 0.25) is 11.8 Å². The van der Waals surface area contributed by atoms with E-state index in [0.29, 0.717) is 25.3 Å². The van der Waals surface area contributed by atoms with E-state index >= 15 is 0 Å². The number of amides is 2. The fourth-order valence-corrected chi connectivity index (χ4v) is 2.28. The lowest BCUT2D eigenvalue weighted by atomic mass is 9.97. The number of nitrogens with one attached hydrogen (secondary N) is 2. The first-order valence-corrected chi connectivity index (χ1v) is 6.35. The van der Waals surface area contributed by atoms with Gasteiger partial charge in [-0.25, -0.2) is 0 Å². The van der Waals surface area contributed by atoms with Crippen LogP contribution < -0.4 is 10.6 Å². The van der Waals surface area contributed by atoms with Crippen molar-refractivity contribution >= 4 is 17.8 Å². The highest BCUT2D eigenvalue weighted by atomic mass is 16.4. The quantitative estimate of drug-likeness (QED) is 0.637. The van der Waals surface area contributed by atoms with E-state index in [1.165, 1.54) is 0 Å². The molecule has 2 amide bonds. The second kappa shape index (κ2) is 5.37. The van der Waals surface area contributed by atoms with Crippen LogP contribution in [0, 0.1) is 11.8 Å². The monoisotopic (exact) mass is 254 g/mol. The highest BCUT2D eigenvalue weighted by Gasteiger charge is 2.35. The molecular formula is C12H18N2O4. The first kappa shape index (κ1) is 12.9. The SMILES string of the molecule is O=C(O)CC(NC(=O)C1CCC(=O)NC1)C1CC1. The van der Waals surface area contributed by atoms with Crippen molar-refractivity contribution in [3.63, 3.8) is 0 Å². The van der Waals surface area contributed by atoms with Gasteiger partial charge in [-0.1, -0.05) is 0 Å². The van der Waals surface area contributed by atoms with E-state index in [0.717, 1.165) is 12.8 Å². The van der Waals surface area contributed by atoms with Gasteiger partial charge in [-0.05, 0) is 25.2 Å². The van der Waals surface area contributed by atoms with Crippen molar-refractivity contribution in [1.29, 1.82) is 0 Å². The van der Waals surface area contributed by atoms with E-state index < -0.39 is 5.97 Å². The molecule has 0 bridgehead atoms. The van der Waals surface area contributed by atoms with Gasteiger partial charge in [0.15, 0.2) is 0 Å². The average Bonchev–Trinajstić information content (AvgIpc) is 3.12. The van der Waals surface area contributed by atoms with Crippen LogP contribution in [0.25, 0.3) is 0 Å². The summed E-state index contributed by atoms with van der Waals surface area (Å²) in [4.78, 5) is 33.7. The number of carboxylic acids is 1. The molecule has 0 aromatic heterocycles. The largest absolute Gasteiger partial charge is 0.481 e. The van der Waals surface area contributed by atoms with Crippen LogP contribution in [-0.4, -0.2) is 35.5 Å². The van der Waals surface area contributed by atoms with Crippen LogP contribution in [-0.2, 0) is 14.4 Å². The number of carbonyl (C=O) groups is 3. The molecule has 1 saturated carbocycles. The zero-order valence-corrected chi connectivity index (χ0v) is 10.1. The molecule has 0 aromatic carbocycles. The molecule has 0 spiro atoms. The number of hydrogen-bond donors (Lipinski definition) is 3. The van der Waals surface area contributed by atoms with Crippen molar-refractivity contribution in [3.8, 4) is 0 Å². The molecule has 3 N–H and O–H groups in total. The highest BCUT2D eigenvalue weighted by molar-refractivity contribution is 5.84.